The average Bonchev–Trinajstić information content (AvgIpc) is 2.14. The van der Waals surface area contributed by atoms with Crippen molar-refractivity contribution in [1.29, 1.82) is 0 Å². The van der Waals surface area contributed by atoms with Crippen LogP contribution in [0.3, 0.4) is 0 Å². The smallest absolute Gasteiger partial charge is 0.273 e. The van der Waals surface area contributed by atoms with Crippen molar-refractivity contribution in [2.45, 2.75) is 45.6 Å². The van der Waals surface area contributed by atoms with Crippen LogP contribution >= 0.6 is 0 Å². The third kappa shape index (κ3) is 1.99. The molecule has 1 aliphatic carbocycles. The highest BCUT2D eigenvalue weighted by Gasteiger charge is 2.23. The van der Waals surface area contributed by atoms with Gasteiger partial charge >= 0.3 is 0 Å². The Hall–Kier alpha value is -1.25. The Kier molecular flexibility index (Phi) is 3.03. The Morgan fingerprint density at radius 2 is 2.12 bits per heavy atom. The van der Waals surface area contributed by atoms with Crippen molar-refractivity contribution in [2.24, 2.45) is 5.92 Å². The number of rotatable bonds is 3. The number of pyridine rings is 1. The molecule has 0 amide bonds. The van der Waals surface area contributed by atoms with Gasteiger partial charge in [0, 0.05) is 12.2 Å². The fraction of sp³-hybridized carbons (Fsp3) is 0.615. The van der Waals surface area contributed by atoms with E-state index in [0.717, 1.165) is 6.54 Å². The minimum Gasteiger partial charge on any atom is -0.394 e. The van der Waals surface area contributed by atoms with E-state index in [1.807, 2.05) is 10.6 Å². The Morgan fingerprint density at radius 3 is 2.62 bits per heavy atom. The summed E-state index contributed by atoms with van der Waals surface area (Å²) >= 11 is 0. The van der Waals surface area contributed by atoms with Crippen molar-refractivity contribution < 1.29 is 0 Å². The summed E-state index contributed by atoms with van der Waals surface area (Å²) < 4.78 is 1.88. The van der Waals surface area contributed by atoms with Crippen molar-refractivity contribution in [2.75, 3.05) is 5.73 Å². The zero-order valence-corrected chi connectivity index (χ0v) is 10.1. The highest BCUT2D eigenvalue weighted by atomic mass is 16.1. The molecule has 0 bridgehead atoms. The normalized spacial score (nSPS) is 16.4. The predicted octanol–water partition coefficient (Wildman–Crippen LogP) is 2.35. The van der Waals surface area contributed by atoms with Gasteiger partial charge in [-0.2, -0.15) is 0 Å². The molecule has 0 spiro atoms. The van der Waals surface area contributed by atoms with Gasteiger partial charge in [-0.15, -0.1) is 0 Å². The number of aromatic nitrogens is 1. The first kappa shape index (κ1) is 11.2. The summed E-state index contributed by atoms with van der Waals surface area (Å²) in [6.45, 7) is 5.02. The lowest BCUT2D eigenvalue weighted by Gasteiger charge is -2.29. The molecular formula is C13H20N2O. The van der Waals surface area contributed by atoms with Crippen LogP contribution in [-0.2, 0) is 6.54 Å². The van der Waals surface area contributed by atoms with E-state index < -0.39 is 0 Å². The van der Waals surface area contributed by atoms with Crippen LogP contribution in [0.5, 0.6) is 0 Å². The van der Waals surface area contributed by atoms with Gasteiger partial charge in [-0.1, -0.05) is 20.3 Å². The van der Waals surface area contributed by atoms with E-state index in [1.54, 1.807) is 6.07 Å². The predicted molar refractivity (Wildman–Crippen MR) is 66.5 cm³/mol. The number of hydrogen-bond acceptors (Lipinski definition) is 2. The lowest BCUT2D eigenvalue weighted by atomic mass is 9.82. The molecule has 16 heavy (non-hydrogen) atoms. The lowest BCUT2D eigenvalue weighted by Crippen LogP contribution is -2.30. The van der Waals surface area contributed by atoms with Gasteiger partial charge in [0.05, 0.1) is 5.69 Å². The summed E-state index contributed by atoms with van der Waals surface area (Å²) in [6, 6.07) is 3.79. The Morgan fingerprint density at radius 1 is 1.44 bits per heavy atom. The number of nitrogen functional groups attached to an aromatic ring is 1. The third-order valence-electron chi connectivity index (χ3n) is 3.31. The second kappa shape index (κ2) is 4.32. The third-order valence-corrected chi connectivity index (χ3v) is 3.31. The van der Waals surface area contributed by atoms with E-state index in [4.69, 9.17) is 5.73 Å². The first-order valence-corrected chi connectivity index (χ1v) is 6.09. The van der Waals surface area contributed by atoms with Crippen molar-refractivity contribution in [1.82, 2.24) is 4.57 Å². The summed E-state index contributed by atoms with van der Waals surface area (Å²) in [6.07, 6.45) is 3.70. The minimum atomic E-state index is -0.0156. The van der Waals surface area contributed by atoms with Crippen LogP contribution < -0.4 is 11.3 Å². The van der Waals surface area contributed by atoms with Crippen LogP contribution in [0.25, 0.3) is 0 Å². The average molecular weight is 220 g/mol. The quantitative estimate of drug-likeness (QED) is 0.850. The maximum absolute atomic E-state index is 12.0. The van der Waals surface area contributed by atoms with Gasteiger partial charge in [0.1, 0.15) is 0 Å². The first-order chi connectivity index (χ1) is 7.59. The molecule has 0 saturated heterocycles. The van der Waals surface area contributed by atoms with Crippen LogP contribution in [0.2, 0.25) is 0 Å². The largest absolute Gasteiger partial charge is 0.394 e. The Bertz CT molecular complexity index is 430. The van der Waals surface area contributed by atoms with Crippen LogP contribution in [0.15, 0.2) is 16.9 Å². The maximum Gasteiger partial charge on any atom is 0.273 e. The van der Waals surface area contributed by atoms with E-state index in [1.165, 1.54) is 25.0 Å². The highest BCUT2D eigenvalue weighted by molar-refractivity contribution is 5.36. The molecule has 3 nitrogen and oxygen atoms in total. The zero-order valence-electron chi connectivity index (χ0n) is 10.1. The van der Waals surface area contributed by atoms with Gasteiger partial charge in [0.15, 0.2) is 0 Å². The molecule has 1 heterocycles. The van der Waals surface area contributed by atoms with Gasteiger partial charge < -0.3 is 10.3 Å². The number of hydrogen-bond donors (Lipinski definition) is 1. The molecule has 2 rings (SSSR count). The molecule has 1 aromatic heterocycles. The standard InChI is InChI=1S/C13H20N2O/c1-9(2)8-15-12(10-4-3-5-10)7-6-11(14)13(15)16/h6-7,9-10H,3-5,8,14H2,1-2H3. The molecule has 0 aromatic carbocycles. The van der Waals surface area contributed by atoms with Gasteiger partial charge in [-0.3, -0.25) is 4.79 Å². The van der Waals surface area contributed by atoms with E-state index in [-0.39, 0.29) is 5.56 Å². The molecule has 0 unspecified atom stereocenters. The highest BCUT2D eigenvalue weighted by Crippen LogP contribution is 2.36. The summed E-state index contributed by atoms with van der Waals surface area (Å²) in [5.74, 6) is 1.05. The molecule has 0 radical (unpaired) electrons. The van der Waals surface area contributed by atoms with E-state index in [2.05, 4.69) is 13.8 Å². The van der Waals surface area contributed by atoms with Crippen LogP contribution in [-0.4, -0.2) is 4.57 Å². The molecule has 88 valence electrons. The molecule has 0 atom stereocenters. The Balaban J connectivity index is 2.42. The van der Waals surface area contributed by atoms with Crippen LogP contribution in [0.4, 0.5) is 5.69 Å². The van der Waals surface area contributed by atoms with Gasteiger partial charge in [0.25, 0.3) is 5.56 Å². The molecule has 1 aromatic rings. The van der Waals surface area contributed by atoms with Crippen molar-refractivity contribution in [3.05, 3.63) is 28.2 Å². The summed E-state index contributed by atoms with van der Waals surface area (Å²) in [5.41, 5.74) is 7.22. The number of nitrogens with zero attached hydrogens (tertiary/aromatic N) is 1. The Labute approximate surface area is 96.3 Å². The first-order valence-electron chi connectivity index (χ1n) is 6.09. The van der Waals surface area contributed by atoms with Crippen LogP contribution in [0.1, 0.15) is 44.7 Å². The zero-order chi connectivity index (χ0) is 11.7. The summed E-state index contributed by atoms with van der Waals surface area (Å²) in [7, 11) is 0. The molecule has 3 heteroatoms. The summed E-state index contributed by atoms with van der Waals surface area (Å²) in [5, 5.41) is 0. The summed E-state index contributed by atoms with van der Waals surface area (Å²) in [4.78, 5) is 12.0. The molecule has 2 N–H and O–H groups in total. The van der Waals surface area contributed by atoms with Crippen molar-refractivity contribution in [3.63, 3.8) is 0 Å². The van der Waals surface area contributed by atoms with Crippen LogP contribution in [0, 0.1) is 5.92 Å². The molecule has 0 aliphatic heterocycles. The van der Waals surface area contributed by atoms with Gasteiger partial charge in [-0.05, 0) is 36.8 Å². The van der Waals surface area contributed by atoms with E-state index in [9.17, 15) is 4.79 Å². The molecular weight excluding hydrogens is 200 g/mol. The van der Waals surface area contributed by atoms with E-state index in [0.29, 0.717) is 17.5 Å². The fourth-order valence-corrected chi connectivity index (χ4v) is 2.22. The number of nitrogens with two attached hydrogens (primary N) is 1. The SMILES string of the molecule is CC(C)Cn1c(C2CCC2)ccc(N)c1=O. The second-order valence-corrected chi connectivity index (χ2v) is 5.15. The topological polar surface area (TPSA) is 48.0 Å². The second-order valence-electron chi connectivity index (χ2n) is 5.15. The van der Waals surface area contributed by atoms with Gasteiger partial charge in [-0.25, -0.2) is 0 Å². The molecule has 1 aliphatic rings. The van der Waals surface area contributed by atoms with Crippen molar-refractivity contribution in [3.8, 4) is 0 Å². The van der Waals surface area contributed by atoms with Gasteiger partial charge in [0.2, 0.25) is 0 Å². The number of anilines is 1. The van der Waals surface area contributed by atoms with E-state index >= 15 is 0 Å². The lowest BCUT2D eigenvalue weighted by molar-refractivity contribution is 0.379. The maximum atomic E-state index is 12.0. The fourth-order valence-electron chi connectivity index (χ4n) is 2.22. The minimum absolute atomic E-state index is 0.0156. The molecule has 1 fully saturated rings. The van der Waals surface area contributed by atoms with Crippen molar-refractivity contribution >= 4 is 5.69 Å². The monoisotopic (exact) mass is 220 g/mol. The molecule has 1 saturated carbocycles.